The lowest BCUT2D eigenvalue weighted by Gasteiger charge is -2.10. The standard InChI is InChI=1S/C15H19N5O4S/c16-25(23,24)15-9-13(20(21)22)5-6-14(15)17-10-11-7-8-19(18-11)12-3-1-2-4-12/h5-9,12,17H,1-4,10H2,(H2,16,23,24). The Hall–Kier alpha value is -2.46. The molecule has 1 saturated carbocycles. The van der Waals surface area contributed by atoms with Crippen molar-refractivity contribution in [3.63, 3.8) is 0 Å². The van der Waals surface area contributed by atoms with Gasteiger partial charge in [-0.25, -0.2) is 13.6 Å². The quantitative estimate of drug-likeness (QED) is 0.595. The number of benzene rings is 1. The Labute approximate surface area is 145 Å². The maximum Gasteiger partial charge on any atom is 0.270 e. The third-order valence-electron chi connectivity index (χ3n) is 4.30. The average Bonchev–Trinajstić information content (AvgIpc) is 3.23. The molecule has 2 aromatic rings. The lowest BCUT2D eigenvalue weighted by Crippen LogP contribution is -2.15. The number of nitrogens with one attached hydrogen (secondary N) is 1. The van der Waals surface area contributed by atoms with E-state index in [0.717, 1.165) is 24.6 Å². The lowest BCUT2D eigenvalue weighted by atomic mass is 10.2. The Morgan fingerprint density at radius 1 is 1.32 bits per heavy atom. The summed E-state index contributed by atoms with van der Waals surface area (Å²) in [6.45, 7) is 0.292. The molecule has 134 valence electrons. The summed E-state index contributed by atoms with van der Waals surface area (Å²) in [5.41, 5.74) is 0.634. The Bertz CT molecular complexity index is 887. The molecule has 1 aliphatic rings. The molecule has 3 rings (SSSR count). The van der Waals surface area contributed by atoms with E-state index in [1.54, 1.807) is 0 Å². The van der Waals surface area contributed by atoms with Crippen LogP contribution >= 0.6 is 0 Å². The molecule has 0 unspecified atom stereocenters. The van der Waals surface area contributed by atoms with Gasteiger partial charge in [0.05, 0.1) is 28.9 Å². The maximum absolute atomic E-state index is 11.7. The first kappa shape index (κ1) is 17.4. The van der Waals surface area contributed by atoms with Crippen LogP contribution in [0.1, 0.15) is 37.4 Å². The van der Waals surface area contributed by atoms with Gasteiger partial charge in [0.1, 0.15) is 4.90 Å². The normalized spacial score (nSPS) is 15.4. The lowest BCUT2D eigenvalue weighted by molar-refractivity contribution is -0.385. The zero-order valence-electron chi connectivity index (χ0n) is 13.5. The van der Waals surface area contributed by atoms with Crippen molar-refractivity contribution in [2.75, 3.05) is 5.32 Å². The summed E-state index contributed by atoms with van der Waals surface area (Å²) < 4.78 is 25.4. The van der Waals surface area contributed by atoms with Crippen molar-refractivity contribution in [3.05, 3.63) is 46.3 Å². The molecule has 10 heteroatoms. The van der Waals surface area contributed by atoms with E-state index in [-0.39, 0.29) is 16.3 Å². The summed E-state index contributed by atoms with van der Waals surface area (Å²) in [7, 11) is -4.09. The second-order valence-corrected chi connectivity index (χ2v) is 7.59. The van der Waals surface area contributed by atoms with Gasteiger partial charge in [-0.2, -0.15) is 5.10 Å². The van der Waals surface area contributed by atoms with Crippen LogP contribution in [0.15, 0.2) is 35.4 Å². The van der Waals surface area contributed by atoms with Crippen molar-refractivity contribution in [3.8, 4) is 0 Å². The van der Waals surface area contributed by atoms with Crippen LogP contribution in [0, 0.1) is 10.1 Å². The van der Waals surface area contributed by atoms with Gasteiger partial charge in [0, 0.05) is 18.3 Å². The molecule has 0 radical (unpaired) electrons. The van der Waals surface area contributed by atoms with Crippen LogP contribution in [0.4, 0.5) is 11.4 Å². The van der Waals surface area contributed by atoms with E-state index >= 15 is 0 Å². The zero-order valence-corrected chi connectivity index (χ0v) is 14.3. The highest BCUT2D eigenvalue weighted by molar-refractivity contribution is 7.89. The predicted molar refractivity (Wildman–Crippen MR) is 91.5 cm³/mol. The molecular formula is C15H19N5O4S. The number of hydrogen-bond acceptors (Lipinski definition) is 6. The van der Waals surface area contributed by atoms with Crippen LogP contribution in [0.5, 0.6) is 0 Å². The average molecular weight is 365 g/mol. The van der Waals surface area contributed by atoms with Crippen molar-refractivity contribution in [2.45, 2.75) is 43.2 Å². The summed E-state index contributed by atoms with van der Waals surface area (Å²) in [5, 5.41) is 23.5. The van der Waals surface area contributed by atoms with Crippen LogP contribution in [-0.2, 0) is 16.6 Å². The minimum Gasteiger partial charge on any atom is -0.378 e. The fourth-order valence-corrected chi connectivity index (χ4v) is 3.77. The molecule has 1 aromatic carbocycles. The Morgan fingerprint density at radius 2 is 2.04 bits per heavy atom. The van der Waals surface area contributed by atoms with E-state index in [0.29, 0.717) is 12.6 Å². The molecule has 25 heavy (non-hydrogen) atoms. The summed E-state index contributed by atoms with van der Waals surface area (Å²) in [6.07, 6.45) is 6.57. The van der Waals surface area contributed by atoms with Gasteiger partial charge in [0.15, 0.2) is 0 Å². The molecule has 1 aromatic heterocycles. The number of non-ortho nitro benzene ring substituents is 1. The van der Waals surface area contributed by atoms with Crippen molar-refractivity contribution in [2.24, 2.45) is 5.14 Å². The Balaban J connectivity index is 1.77. The first-order chi connectivity index (χ1) is 11.8. The predicted octanol–water partition coefficient (Wildman–Crippen LogP) is 2.17. The summed E-state index contributed by atoms with van der Waals surface area (Å²) in [6, 6.07) is 5.82. The number of nitrogens with zero attached hydrogens (tertiary/aromatic N) is 3. The Kier molecular flexibility index (Phi) is 4.73. The second-order valence-electron chi connectivity index (χ2n) is 6.06. The molecule has 1 fully saturated rings. The number of sulfonamides is 1. The molecule has 0 saturated heterocycles. The first-order valence-electron chi connectivity index (χ1n) is 7.94. The van der Waals surface area contributed by atoms with Gasteiger partial charge in [-0.15, -0.1) is 0 Å². The maximum atomic E-state index is 11.7. The Morgan fingerprint density at radius 3 is 2.68 bits per heavy atom. The van der Waals surface area contributed by atoms with E-state index in [1.165, 1.54) is 25.0 Å². The number of anilines is 1. The van der Waals surface area contributed by atoms with Crippen molar-refractivity contribution in [1.29, 1.82) is 0 Å². The van der Waals surface area contributed by atoms with Crippen LogP contribution in [0.25, 0.3) is 0 Å². The van der Waals surface area contributed by atoms with E-state index in [9.17, 15) is 18.5 Å². The summed E-state index contributed by atoms with van der Waals surface area (Å²) >= 11 is 0. The van der Waals surface area contributed by atoms with Crippen molar-refractivity contribution in [1.82, 2.24) is 9.78 Å². The van der Waals surface area contributed by atoms with Gasteiger partial charge in [0.25, 0.3) is 5.69 Å². The number of aromatic nitrogens is 2. The van der Waals surface area contributed by atoms with Gasteiger partial charge in [-0.05, 0) is 25.0 Å². The summed E-state index contributed by atoms with van der Waals surface area (Å²) in [5.74, 6) is 0. The monoisotopic (exact) mass is 365 g/mol. The van der Waals surface area contributed by atoms with E-state index in [4.69, 9.17) is 5.14 Å². The minimum atomic E-state index is -4.09. The van der Waals surface area contributed by atoms with Crippen LogP contribution in [0.2, 0.25) is 0 Å². The van der Waals surface area contributed by atoms with Crippen LogP contribution in [0.3, 0.4) is 0 Å². The second kappa shape index (κ2) is 6.81. The fourth-order valence-electron chi connectivity index (χ4n) is 3.04. The van der Waals surface area contributed by atoms with Crippen molar-refractivity contribution >= 4 is 21.4 Å². The van der Waals surface area contributed by atoms with Gasteiger partial charge in [-0.1, -0.05) is 12.8 Å². The van der Waals surface area contributed by atoms with E-state index in [1.807, 2.05) is 16.9 Å². The molecule has 0 bridgehead atoms. The molecule has 0 aliphatic heterocycles. The van der Waals surface area contributed by atoms with Crippen LogP contribution in [-0.4, -0.2) is 23.1 Å². The third-order valence-corrected chi connectivity index (χ3v) is 5.26. The highest BCUT2D eigenvalue weighted by atomic mass is 32.2. The highest BCUT2D eigenvalue weighted by Crippen LogP contribution is 2.29. The van der Waals surface area contributed by atoms with E-state index < -0.39 is 14.9 Å². The van der Waals surface area contributed by atoms with Gasteiger partial charge < -0.3 is 5.32 Å². The molecule has 0 spiro atoms. The number of hydrogen-bond donors (Lipinski definition) is 2. The number of primary sulfonamides is 1. The molecule has 1 heterocycles. The SMILES string of the molecule is NS(=O)(=O)c1cc([N+](=O)[O-])ccc1NCc1ccn(C2CCCC2)n1. The van der Waals surface area contributed by atoms with E-state index in [2.05, 4.69) is 10.4 Å². The third kappa shape index (κ3) is 3.97. The number of nitro benzene ring substituents is 1. The van der Waals surface area contributed by atoms with Gasteiger partial charge in [-0.3, -0.25) is 14.8 Å². The molecular weight excluding hydrogens is 346 g/mol. The highest BCUT2D eigenvalue weighted by Gasteiger charge is 2.20. The van der Waals surface area contributed by atoms with Crippen molar-refractivity contribution < 1.29 is 13.3 Å². The van der Waals surface area contributed by atoms with Gasteiger partial charge in [0.2, 0.25) is 10.0 Å². The number of rotatable bonds is 6. The largest absolute Gasteiger partial charge is 0.378 e. The molecule has 0 atom stereocenters. The minimum absolute atomic E-state index is 0.212. The molecule has 1 aliphatic carbocycles. The fraction of sp³-hybridized carbons (Fsp3) is 0.400. The zero-order chi connectivity index (χ0) is 18.0. The molecule has 9 nitrogen and oxygen atoms in total. The smallest absolute Gasteiger partial charge is 0.270 e. The summed E-state index contributed by atoms with van der Waals surface area (Å²) in [4.78, 5) is 9.86. The topological polar surface area (TPSA) is 133 Å². The number of nitro groups is 1. The first-order valence-corrected chi connectivity index (χ1v) is 9.48. The molecule has 3 N–H and O–H groups in total. The van der Waals surface area contributed by atoms with Gasteiger partial charge >= 0.3 is 0 Å². The molecule has 0 amide bonds. The number of nitrogens with two attached hydrogens (primary N) is 1. The van der Waals surface area contributed by atoms with Crippen LogP contribution < -0.4 is 10.5 Å².